The molecule has 33 heavy (non-hydrogen) atoms. The van der Waals surface area contributed by atoms with Crippen LogP contribution < -0.4 is 5.32 Å². The van der Waals surface area contributed by atoms with Gasteiger partial charge in [0, 0.05) is 19.5 Å². The van der Waals surface area contributed by atoms with Crippen molar-refractivity contribution in [2.45, 2.75) is 38.1 Å². The Kier molecular flexibility index (Phi) is 6.67. The molecule has 2 N–H and O–H groups in total. The highest BCUT2D eigenvalue weighted by atomic mass is 16.5. The van der Waals surface area contributed by atoms with Crippen LogP contribution in [-0.4, -0.2) is 54.2 Å². The summed E-state index contributed by atoms with van der Waals surface area (Å²) >= 11 is 0. The van der Waals surface area contributed by atoms with Crippen LogP contribution in [0.3, 0.4) is 0 Å². The van der Waals surface area contributed by atoms with E-state index in [4.69, 9.17) is 9.84 Å². The van der Waals surface area contributed by atoms with Crippen LogP contribution in [0.1, 0.15) is 43.2 Å². The lowest BCUT2D eigenvalue weighted by Crippen LogP contribution is -2.49. The lowest BCUT2D eigenvalue weighted by atomic mass is 9.98. The van der Waals surface area contributed by atoms with Crippen molar-refractivity contribution in [2.75, 3.05) is 20.2 Å². The first kappa shape index (κ1) is 22.8. The summed E-state index contributed by atoms with van der Waals surface area (Å²) in [5.41, 5.74) is 4.55. The van der Waals surface area contributed by atoms with E-state index in [1.54, 1.807) is 14.0 Å². The van der Waals surface area contributed by atoms with Gasteiger partial charge in [-0.1, -0.05) is 68.3 Å². The molecule has 7 nitrogen and oxygen atoms in total. The number of ether oxygens (including phenoxy) is 1. The number of likely N-dealkylation sites (N-methyl/N-ethyl adjacent to an activating group) is 1. The van der Waals surface area contributed by atoms with E-state index in [1.165, 1.54) is 4.90 Å². The minimum absolute atomic E-state index is 0.0557. The second-order valence-corrected chi connectivity index (χ2v) is 9.16. The van der Waals surface area contributed by atoms with Gasteiger partial charge in [0.25, 0.3) is 0 Å². The summed E-state index contributed by atoms with van der Waals surface area (Å²) in [7, 11) is 1.57. The van der Waals surface area contributed by atoms with Crippen molar-refractivity contribution in [1.29, 1.82) is 0 Å². The highest BCUT2D eigenvalue weighted by Crippen LogP contribution is 2.44. The second-order valence-electron chi connectivity index (χ2n) is 9.16. The maximum atomic E-state index is 13.0. The summed E-state index contributed by atoms with van der Waals surface area (Å²) < 4.78 is 5.61. The Labute approximate surface area is 193 Å². The van der Waals surface area contributed by atoms with Crippen molar-refractivity contribution in [3.8, 4) is 11.1 Å². The third-order valence-corrected chi connectivity index (χ3v) is 6.55. The number of nitrogens with zero attached hydrogens (tertiary/aromatic N) is 1. The number of nitrogens with one attached hydrogen (secondary N) is 1. The molecule has 0 radical (unpaired) electrons. The number of aliphatic carboxylic acids is 1. The SMILES string of the molecule is CC(CN(C)C(=O)C(CC1CC1)NC(=O)OCC1c2ccccc2-c2ccccc21)C(=O)O. The first-order chi connectivity index (χ1) is 15.8. The largest absolute Gasteiger partial charge is 0.481 e. The van der Waals surface area contributed by atoms with Gasteiger partial charge in [-0.05, 0) is 34.6 Å². The number of benzene rings is 2. The molecule has 0 spiro atoms. The number of carbonyl (C=O) groups excluding carboxylic acids is 2. The fourth-order valence-corrected chi connectivity index (χ4v) is 4.54. The number of fused-ring (bicyclic) bond motifs is 3. The zero-order valence-corrected chi connectivity index (χ0v) is 19.0. The molecule has 0 aromatic heterocycles. The summed E-state index contributed by atoms with van der Waals surface area (Å²) in [4.78, 5) is 38.2. The Balaban J connectivity index is 1.40. The van der Waals surface area contributed by atoms with Crippen molar-refractivity contribution < 1.29 is 24.2 Å². The van der Waals surface area contributed by atoms with E-state index >= 15 is 0 Å². The zero-order valence-electron chi connectivity index (χ0n) is 19.0. The van der Waals surface area contributed by atoms with E-state index in [0.717, 1.165) is 35.1 Å². The second kappa shape index (κ2) is 9.65. The Morgan fingerprint density at radius 3 is 2.18 bits per heavy atom. The molecule has 2 aromatic rings. The van der Waals surface area contributed by atoms with Gasteiger partial charge in [-0.15, -0.1) is 0 Å². The lowest BCUT2D eigenvalue weighted by Gasteiger charge is -2.26. The molecule has 0 heterocycles. The third-order valence-electron chi connectivity index (χ3n) is 6.55. The number of carboxylic acid groups (broad SMARTS) is 1. The summed E-state index contributed by atoms with van der Waals surface area (Å²) in [5.74, 6) is -1.59. The molecule has 0 saturated heterocycles. The molecule has 2 atom stereocenters. The first-order valence-electron chi connectivity index (χ1n) is 11.4. The summed E-state index contributed by atoms with van der Waals surface area (Å²) in [6.45, 7) is 1.82. The minimum Gasteiger partial charge on any atom is -0.481 e. The molecule has 2 aromatic carbocycles. The molecule has 0 bridgehead atoms. The van der Waals surface area contributed by atoms with Crippen LogP contribution in [0.15, 0.2) is 48.5 Å². The van der Waals surface area contributed by atoms with E-state index in [2.05, 4.69) is 29.6 Å². The van der Waals surface area contributed by atoms with E-state index in [1.807, 2.05) is 24.3 Å². The molecule has 0 aliphatic heterocycles. The average molecular weight is 451 g/mol. The zero-order chi connectivity index (χ0) is 23.5. The number of carbonyl (C=O) groups is 3. The topological polar surface area (TPSA) is 95.9 Å². The number of carboxylic acids is 1. The van der Waals surface area contributed by atoms with Crippen molar-refractivity contribution in [3.05, 3.63) is 59.7 Å². The van der Waals surface area contributed by atoms with Gasteiger partial charge in [-0.3, -0.25) is 9.59 Å². The van der Waals surface area contributed by atoms with Crippen LogP contribution in [0, 0.1) is 11.8 Å². The molecule has 7 heteroatoms. The summed E-state index contributed by atoms with van der Waals surface area (Å²) in [6, 6.07) is 15.5. The summed E-state index contributed by atoms with van der Waals surface area (Å²) in [6.07, 6.45) is 1.97. The molecule has 2 amide bonds. The molecule has 4 rings (SSSR count). The quantitative estimate of drug-likeness (QED) is 0.605. The summed E-state index contributed by atoms with van der Waals surface area (Å²) in [5, 5.41) is 11.9. The van der Waals surface area contributed by atoms with Crippen LogP contribution >= 0.6 is 0 Å². The van der Waals surface area contributed by atoms with Gasteiger partial charge in [-0.2, -0.15) is 0 Å². The van der Waals surface area contributed by atoms with E-state index < -0.39 is 24.0 Å². The number of rotatable bonds is 9. The van der Waals surface area contributed by atoms with Gasteiger partial charge in [0.1, 0.15) is 12.6 Å². The van der Waals surface area contributed by atoms with Gasteiger partial charge in [0.05, 0.1) is 5.92 Å². The molecule has 2 aliphatic carbocycles. The van der Waals surface area contributed by atoms with Gasteiger partial charge in [0.2, 0.25) is 5.91 Å². The van der Waals surface area contributed by atoms with Crippen molar-refractivity contribution >= 4 is 18.0 Å². The lowest BCUT2D eigenvalue weighted by molar-refractivity contribution is -0.143. The van der Waals surface area contributed by atoms with Crippen molar-refractivity contribution in [2.24, 2.45) is 11.8 Å². The molecule has 2 aliphatic rings. The van der Waals surface area contributed by atoms with E-state index in [-0.39, 0.29) is 25.0 Å². The molecule has 2 unspecified atom stereocenters. The Bertz CT molecular complexity index is 1000. The van der Waals surface area contributed by atoms with Gasteiger partial charge in [-0.25, -0.2) is 4.79 Å². The monoisotopic (exact) mass is 450 g/mol. The molecule has 1 saturated carbocycles. The van der Waals surface area contributed by atoms with Crippen LogP contribution in [0.4, 0.5) is 4.79 Å². The maximum Gasteiger partial charge on any atom is 0.407 e. The molecule has 174 valence electrons. The van der Waals surface area contributed by atoms with E-state index in [9.17, 15) is 14.4 Å². The standard InChI is InChI=1S/C26H30N2O5/c1-16(25(30)31)14-28(2)24(29)23(13-17-11-12-17)27-26(32)33-15-22-20-9-5-3-7-18(20)19-8-4-6-10-21(19)22/h3-10,16-17,22-23H,11-15H2,1-2H3,(H,27,32)(H,30,31). The number of hydrogen-bond acceptors (Lipinski definition) is 4. The maximum absolute atomic E-state index is 13.0. The van der Waals surface area contributed by atoms with E-state index in [0.29, 0.717) is 12.3 Å². The van der Waals surface area contributed by atoms with Crippen LogP contribution in [0.2, 0.25) is 0 Å². The van der Waals surface area contributed by atoms with Crippen LogP contribution in [0.25, 0.3) is 11.1 Å². The number of hydrogen-bond donors (Lipinski definition) is 2. The Morgan fingerprint density at radius 1 is 1.06 bits per heavy atom. The van der Waals surface area contributed by atoms with Gasteiger partial charge >= 0.3 is 12.1 Å². The first-order valence-corrected chi connectivity index (χ1v) is 11.4. The number of amides is 2. The van der Waals surface area contributed by atoms with Crippen LogP contribution in [0.5, 0.6) is 0 Å². The predicted molar refractivity (Wildman–Crippen MR) is 124 cm³/mol. The molecular formula is C26H30N2O5. The third kappa shape index (κ3) is 5.18. The normalized spacial score (nSPS) is 16.3. The molecular weight excluding hydrogens is 420 g/mol. The van der Waals surface area contributed by atoms with Crippen LogP contribution in [-0.2, 0) is 14.3 Å². The highest BCUT2D eigenvalue weighted by Gasteiger charge is 2.34. The van der Waals surface area contributed by atoms with Crippen molar-refractivity contribution in [3.63, 3.8) is 0 Å². The minimum atomic E-state index is -0.960. The Hall–Kier alpha value is -3.35. The Morgan fingerprint density at radius 2 is 1.64 bits per heavy atom. The average Bonchev–Trinajstić information content (AvgIpc) is 3.57. The smallest absolute Gasteiger partial charge is 0.407 e. The predicted octanol–water partition coefficient (Wildman–Crippen LogP) is 3.87. The van der Waals surface area contributed by atoms with Gasteiger partial charge in [0.15, 0.2) is 0 Å². The molecule has 1 fully saturated rings. The number of alkyl carbamates (subject to hydrolysis) is 1. The van der Waals surface area contributed by atoms with Gasteiger partial charge < -0.3 is 20.1 Å². The fourth-order valence-electron chi connectivity index (χ4n) is 4.54. The fraction of sp³-hybridized carbons (Fsp3) is 0.423. The highest BCUT2D eigenvalue weighted by molar-refractivity contribution is 5.86. The van der Waals surface area contributed by atoms with Crippen molar-refractivity contribution in [1.82, 2.24) is 10.2 Å².